The fraction of sp³-hybridized carbons (Fsp3) is 0.561. The van der Waals surface area contributed by atoms with E-state index in [9.17, 15) is 10.1 Å². The molecule has 3 saturated heterocycles. The normalized spacial score (nSPS) is 20.2. The summed E-state index contributed by atoms with van der Waals surface area (Å²) in [6.07, 6.45) is 6.40. The van der Waals surface area contributed by atoms with E-state index < -0.39 is 5.60 Å². The maximum absolute atomic E-state index is 12.5. The van der Waals surface area contributed by atoms with Crippen molar-refractivity contribution in [3.8, 4) is 11.8 Å². The topological polar surface area (TPSA) is 98.1 Å². The van der Waals surface area contributed by atoms with Gasteiger partial charge in [0.25, 0.3) is 0 Å². The Morgan fingerprint density at radius 2 is 1.60 bits per heavy atom. The van der Waals surface area contributed by atoms with E-state index in [1.165, 1.54) is 12.8 Å². The van der Waals surface area contributed by atoms with Crippen LogP contribution in [0.15, 0.2) is 54.7 Å². The zero-order valence-electron chi connectivity index (χ0n) is 31.3. The number of anilines is 1. The van der Waals surface area contributed by atoms with E-state index in [-0.39, 0.29) is 11.5 Å². The van der Waals surface area contributed by atoms with Gasteiger partial charge in [-0.25, -0.2) is 14.8 Å². The van der Waals surface area contributed by atoms with E-state index in [4.69, 9.17) is 26.1 Å². The molecule has 1 aromatic heterocycles. The van der Waals surface area contributed by atoms with Crippen LogP contribution in [0.5, 0.6) is 5.75 Å². The predicted molar refractivity (Wildman–Crippen MR) is 203 cm³/mol. The summed E-state index contributed by atoms with van der Waals surface area (Å²) in [4.78, 5) is 31.5. The van der Waals surface area contributed by atoms with Crippen LogP contribution in [0.25, 0.3) is 0 Å². The molecule has 3 aromatic rings. The van der Waals surface area contributed by atoms with Gasteiger partial charge < -0.3 is 19.3 Å². The third-order valence-corrected chi connectivity index (χ3v) is 12.0. The lowest BCUT2D eigenvalue weighted by atomic mass is 9.59. The Bertz CT molecular complexity index is 1770. The Kier molecular flexibility index (Phi) is 10.2. The molecular formula is C41H52ClN7O3. The highest BCUT2D eigenvalue weighted by atomic mass is 35.5. The number of carbonyl (C=O) groups is 1. The van der Waals surface area contributed by atoms with Gasteiger partial charge in [-0.15, -0.1) is 0 Å². The first-order chi connectivity index (χ1) is 24.8. The summed E-state index contributed by atoms with van der Waals surface area (Å²) in [6, 6.07) is 19.0. The highest BCUT2D eigenvalue weighted by Crippen LogP contribution is 2.52. The molecule has 0 bridgehead atoms. The third kappa shape index (κ3) is 8.02. The first kappa shape index (κ1) is 36.4. The lowest BCUT2D eigenvalue weighted by molar-refractivity contribution is -0.0902. The summed E-state index contributed by atoms with van der Waals surface area (Å²) in [5.41, 5.74) is 3.16. The van der Waals surface area contributed by atoms with Gasteiger partial charge in [0.1, 0.15) is 18.0 Å². The summed E-state index contributed by atoms with van der Waals surface area (Å²) in [5, 5.41) is 9.95. The molecule has 0 atom stereocenters. The third-order valence-electron chi connectivity index (χ3n) is 11.7. The Balaban J connectivity index is 0.832. The number of nitriles is 1. The van der Waals surface area contributed by atoms with E-state index in [1.807, 2.05) is 62.2 Å². The van der Waals surface area contributed by atoms with Gasteiger partial charge in [0, 0.05) is 81.1 Å². The minimum Gasteiger partial charge on any atom is -0.487 e. The van der Waals surface area contributed by atoms with Crippen LogP contribution in [-0.2, 0) is 16.8 Å². The molecule has 4 aliphatic rings. The monoisotopic (exact) mass is 725 g/mol. The summed E-state index contributed by atoms with van der Waals surface area (Å²) in [6.45, 7) is 18.3. The van der Waals surface area contributed by atoms with Gasteiger partial charge in [-0.3, -0.25) is 9.80 Å². The number of nitrogens with zero attached hydrogens (tertiary/aromatic N) is 7. The maximum Gasteiger partial charge on any atom is 0.410 e. The van der Waals surface area contributed by atoms with Crippen molar-refractivity contribution >= 4 is 23.6 Å². The minimum absolute atomic E-state index is 0.163. The molecule has 276 valence electrons. The number of ether oxygens (including phenoxy) is 2. The van der Waals surface area contributed by atoms with Crippen LogP contribution >= 0.6 is 11.6 Å². The van der Waals surface area contributed by atoms with Gasteiger partial charge in [-0.05, 0) is 99.4 Å². The quantitative estimate of drug-likeness (QED) is 0.246. The van der Waals surface area contributed by atoms with E-state index in [0.717, 1.165) is 93.7 Å². The molecule has 10 nitrogen and oxygen atoms in total. The van der Waals surface area contributed by atoms with Crippen molar-refractivity contribution in [3.05, 3.63) is 82.1 Å². The minimum atomic E-state index is -0.441. The van der Waals surface area contributed by atoms with Crippen molar-refractivity contribution in [3.63, 3.8) is 0 Å². The largest absolute Gasteiger partial charge is 0.487 e. The molecule has 4 fully saturated rings. The summed E-state index contributed by atoms with van der Waals surface area (Å²) >= 11 is 6.30. The first-order valence-electron chi connectivity index (χ1n) is 18.8. The summed E-state index contributed by atoms with van der Waals surface area (Å²) < 4.78 is 11.7. The fourth-order valence-electron chi connectivity index (χ4n) is 8.32. The molecule has 1 spiro atoms. The Morgan fingerprint density at radius 3 is 2.25 bits per heavy atom. The number of carbonyl (C=O) groups excluding carboxylic acids is 1. The van der Waals surface area contributed by atoms with Crippen molar-refractivity contribution < 1.29 is 14.3 Å². The number of aromatic nitrogens is 2. The van der Waals surface area contributed by atoms with E-state index in [0.29, 0.717) is 34.7 Å². The Morgan fingerprint density at radius 1 is 0.904 bits per heavy atom. The van der Waals surface area contributed by atoms with Crippen LogP contribution in [0, 0.1) is 16.7 Å². The average molecular weight is 726 g/mol. The molecule has 7 rings (SSSR count). The first-order valence-corrected chi connectivity index (χ1v) is 19.1. The standard InChI is InChI=1S/C41H52ClN7O3/c1-39(2,3)52-38(50)48-14-11-41(12-15-48)23-34(24-41)49-26-35(27-49)46-16-18-47(19-17-46)37-44-13-10-33(45-37)28-51-36-8-6-30(7-9-36)40(4,5)31-20-29(25-43)21-32(42)22-31/h6-10,13,20-22,34-35H,11-12,14-19,23-24,26-28H2,1-5H3. The zero-order valence-corrected chi connectivity index (χ0v) is 32.0. The van der Waals surface area contributed by atoms with Gasteiger partial charge >= 0.3 is 6.09 Å². The fourth-order valence-corrected chi connectivity index (χ4v) is 8.56. The van der Waals surface area contributed by atoms with Crippen LogP contribution in [0.4, 0.5) is 10.7 Å². The zero-order chi connectivity index (χ0) is 36.7. The molecule has 0 radical (unpaired) electrons. The predicted octanol–water partition coefficient (Wildman–Crippen LogP) is 6.89. The number of hydrogen-bond acceptors (Lipinski definition) is 9. The number of likely N-dealkylation sites (tertiary alicyclic amines) is 2. The molecule has 3 aliphatic heterocycles. The van der Waals surface area contributed by atoms with Crippen LogP contribution in [-0.4, -0.2) is 101 Å². The van der Waals surface area contributed by atoms with Gasteiger partial charge in [0.05, 0.1) is 17.3 Å². The second-order valence-corrected chi connectivity index (χ2v) is 17.2. The Labute approximate surface area is 313 Å². The summed E-state index contributed by atoms with van der Waals surface area (Å²) in [5.74, 6) is 1.54. The van der Waals surface area contributed by atoms with Crippen molar-refractivity contribution in [1.29, 1.82) is 5.26 Å². The highest BCUT2D eigenvalue weighted by molar-refractivity contribution is 6.30. The van der Waals surface area contributed by atoms with Crippen LogP contribution in [0.2, 0.25) is 5.02 Å². The number of piperazine rings is 1. The molecule has 11 heteroatoms. The molecule has 0 N–H and O–H groups in total. The van der Waals surface area contributed by atoms with Crippen molar-refractivity contribution in [1.82, 2.24) is 24.7 Å². The van der Waals surface area contributed by atoms with E-state index in [2.05, 4.69) is 51.7 Å². The number of amides is 1. The second-order valence-electron chi connectivity index (χ2n) is 16.8. The molecule has 52 heavy (non-hydrogen) atoms. The van der Waals surface area contributed by atoms with Crippen molar-refractivity contribution in [2.45, 2.75) is 90.0 Å². The van der Waals surface area contributed by atoms with Crippen LogP contribution < -0.4 is 9.64 Å². The summed E-state index contributed by atoms with van der Waals surface area (Å²) in [7, 11) is 0. The van der Waals surface area contributed by atoms with Gasteiger partial charge in [-0.2, -0.15) is 5.26 Å². The van der Waals surface area contributed by atoms with E-state index in [1.54, 1.807) is 6.07 Å². The number of halogens is 1. The van der Waals surface area contributed by atoms with Crippen molar-refractivity contribution in [2.75, 3.05) is 57.3 Å². The second kappa shape index (κ2) is 14.5. The van der Waals surface area contributed by atoms with Gasteiger partial charge in [0.2, 0.25) is 5.95 Å². The van der Waals surface area contributed by atoms with E-state index >= 15 is 0 Å². The molecule has 0 unspecified atom stereocenters. The Hall–Kier alpha value is -3.91. The number of piperidine rings is 1. The maximum atomic E-state index is 12.5. The lowest BCUT2D eigenvalue weighted by Gasteiger charge is -2.59. The van der Waals surface area contributed by atoms with Crippen LogP contribution in [0.3, 0.4) is 0 Å². The van der Waals surface area contributed by atoms with Crippen LogP contribution in [0.1, 0.15) is 82.7 Å². The van der Waals surface area contributed by atoms with Crippen molar-refractivity contribution in [2.24, 2.45) is 5.41 Å². The molecule has 1 saturated carbocycles. The average Bonchev–Trinajstić information content (AvgIpc) is 3.09. The molecule has 4 heterocycles. The van der Waals surface area contributed by atoms with Gasteiger partial charge in [-0.1, -0.05) is 37.6 Å². The number of hydrogen-bond donors (Lipinski definition) is 0. The van der Waals surface area contributed by atoms with Gasteiger partial charge in [0.15, 0.2) is 0 Å². The molecule has 1 aliphatic carbocycles. The molecule has 1 amide bonds. The molecule has 2 aromatic carbocycles. The lowest BCUT2D eigenvalue weighted by Crippen LogP contribution is -2.68. The molecular weight excluding hydrogens is 674 g/mol. The SMILES string of the molecule is CC(C)(C)OC(=O)N1CCC2(CC1)CC(N1CC(N3CCN(c4nccc(COc5ccc(C(C)(C)c6cc(Cl)cc(C#N)c6)cc5)n4)CC3)C1)C2. The highest BCUT2D eigenvalue weighted by Gasteiger charge is 2.51. The smallest absolute Gasteiger partial charge is 0.410 e. The number of benzene rings is 2. The number of rotatable bonds is 8.